The van der Waals surface area contributed by atoms with Gasteiger partial charge in [-0.2, -0.15) is 0 Å². The van der Waals surface area contributed by atoms with Gasteiger partial charge in [0.1, 0.15) is 5.76 Å². The minimum atomic E-state index is 0.639. The highest BCUT2D eigenvalue weighted by molar-refractivity contribution is 9.08. The van der Waals surface area contributed by atoms with E-state index in [-0.39, 0.29) is 0 Å². The first-order valence-corrected chi connectivity index (χ1v) is 5.52. The molecule has 0 radical (unpaired) electrons. The van der Waals surface area contributed by atoms with Crippen molar-refractivity contribution in [1.29, 1.82) is 0 Å². The van der Waals surface area contributed by atoms with Crippen molar-refractivity contribution in [3.8, 4) is 0 Å². The van der Waals surface area contributed by atoms with Crippen molar-refractivity contribution in [3.05, 3.63) is 17.8 Å². The van der Waals surface area contributed by atoms with Crippen LogP contribution >= 0.6 is 15.9 Å². The molecule has 1 aromatic heterocycles. The molecule has 0 amide bonds. The summed E-state index contributed by atoms with van der Waals surface area (Å²) < 4.78 is 5.40. The minimum absolute atomic E-state index is 0.639. The van der Waals surface area contributed by atoms with Crippen LogP contribution in [0, 0.1) is 0 Å². The Kier molecular flexibility index (Phi) is 2.49. The molecule has 1 saturated carbocycles. The molecule has 66 valence electrons. The Morgan fingerprint density at radius 2 is 2.25 bits per heavy atom. The number of alkyl halides is 1. The van der Waals surface area contributed by atoms with Crippen LogP contribution in [-0.4, -0.2) is 4.98 Å². The largest absolute Gasteiger partial charge is 0.448 e. The molecule has 0 atom stereocenters. The van der Waals surface area contributed by atoms with Crippen LogP contribution in [0.4, 0.5) is 0 Å². The highest BCUT2D eigenvalue weighted by atomic mass is 79.9. The van der Waals surface area contributed by atoms with E-state index >= 15 is 0 Å². The van der Waals surface area contributed by atoms with Crippen molar-refractivity contribution >= 4 is 15.9 Å². The van der Waals surface area contributed by atoms with Crippen LogP contribution in [-0.2, 0) is 5.33 Å². The fourth-order valence-corrected chi connectivity index (χ4v) is 2.32. The SMILES string of the molecule is BrCc1ncoc1C1CCCC1. The molecule has 2 rings (SSSR count). The zero-order valence-corrected chi connectivity index (χ0v) is 8.51. The van der Waals surface area contributed by atoms with Gasteiger partial charge in [-0.1, -0.05) is 28.8 Å². The van der Waals surface area contributed by atoms with Gasteiger partial charge in [-0.15, -0.1) is 0 Å². The van der Waals surface area contributed by atoms with Crippen LogP contribution in [0.2, 0.25) is 0 Å². The maximum absolute atomic E-state index is 5.40. The van der Waals surface area contributed by atoms with Gasteiger partial charge < -0.3 is 4.42 Å². The molecule has 12 heavy (non-hydrogen) atoms. The fourth-order valence-electron chi connectivity index (χ4n) is 1.90. The van der Waals surface area contributed by atoms with E-state index in [1.807, 2.05) is 0 Å². The summed E-state index contributed by atoms with van der Waals surface area (Å²) in [6.45, 7) is 0. The lowest BCUT2D eigenvalue weighted by atomic mass is 10.0. The zero-order valence-electron chi connectivity index (χ0n) is 6.92. The fraction of sp³-hybridized carbons (Fsp3) is 0.667. The summed E-state index contributed by atoms with van der Waals surface area (Å²) in [6.07, 6.45) is 6.79. The average Bonchev–Trinajstić information content (AvgIpc) is 2.74. The van der Waals surface area contributed by atoms with Gasteiger partial charge in [-0.05, 0) is 12.8 Å². The molecule has 0 unspecified atom stereocenters. The van der Waals surface area contributed by atoms with Gasteiger partial charge in [0.2, 0.25) is 0 Å². The van der Waals surface area contributed by atoms with E-state index in [9.17, 15) is 0 Å². The maximum atomic E-state index is 5.40. The molecule has 1 fully saturated rings. The van der Waals surface area contributed by atoms with Crippen molar-refractivity contribution in [2.75, 3.05) is 0 Å². The molecule has 0 bridgehead atoms. The third-order valence-electron chi connectivity index (χ3n) is 2.53. The van der Waals surface area contributed by atoms with E-state index in [2.05, 4.69) is 20.9 Å². The maximum Gasteiger partial charge on any atom is 0.181 e. The van der Waals surface area contributed by atoms with Crippen LogP contribution in [0.5, 0.6) is 0 Å². The Morgan fingerprint density at radius 1 is 1.50 bits per heavy atom. The van der Waals surface area contributed by atoms with Crippen LogP contribution in [0.15, 0.2) is 10.8 Å². The number of hydrogen-bond acceptors (Lipinski definition) is 2. The second kappa shape index (κ2) is 3.60. The summed E-state index contributed by atoms with van der Waals surface area (Å²) in [7, 11) is 0. The molecule has 1 aromatic rings. The molecule has 2 nitrogen and oxygen atoms in total. The number of aromatic nitrogens is 1. The van der Waals surface area contributed by atoms with Crippen molar-refractivity contribution in [3.63, 3.8) is 0 Å². The van der Waals surface area contributed by atoms with Gasteiger partial charge in [-0.25, -0.2) is 4.98 Å². The van der Waals surface area contributed by atoms with E-state index in [0.29, 0.717) is 5.92 Å². The average molecular weight is 230 g/mol. The van der Waals surface area contributed by atoms with E-state index in [1.165, 1.54) is 25.7 Å². The Labute approximate surface area is 80.5 Å². The topological polar surface area (TPSA) is 26.0 Å². The third-order valence-corrected chi connectivity index (χ3v) is 3.06. The second-order valence-corrected chi connectivity index (χ2v) is 3.84. The first-order chi connectivity index (χ1) is 5.92. The van der Waals surface area contributed by atoms with Crippen molar-refractivity contribution in [2.45, 2.75) is 36.9 Å². The lowest BCUT2D eigenvalue weighted by Gasteiger charge is -2.04. The van der Waals surface area contributed by atoms with Crippen LogP contribution in [0.3, 0.4) is 0 Å². The highest BCUT2D eigenvalue weighted by Gasteiger charge is 2.22. The van der Waals surface area contributed by atoms with Crippen LogP contribution < -0.4 is 0 Å². The molecule has 0 saturated heterocycles. The Hall–Kier alpha value is -0.310. The molecule has 0 N–H and O–H groups in total. The smallest absolute Gasteiger partial charge is 0.181 e. The second-order valence-electron chi connectivity index (χ2n) is 3.28. The van der Waals surface area contributed by atoms with Gasteiger partial charge in [0.05, 0.1) is 5.69 Å². The van der Waals surface area contributed by atoms with Gasteiger partial charge in [-0.3, -0.25) is 0 Å². The molecule has 0 aliphatic heterocycles. The lowest BCUT2D eigenvalue weighted by Crippen LogP contribution is -1.94. The van der Waals surface area contributed by atoms with Crippen LogP contribution in [0.1, 0.15) is 43.1 Å². The van der Waals surface area contributed by atoms with Gasteiger partial charge in [0.25, 0.3) is 0 Å². The highest BCUT2D eigenvalue weighted by Crippen LogP contribution is 2.35. The number of halogens is 1. The van der Waals surface area contributed by atoms with E-state index in [0.717, 1.165) is 16.8 Å². The summed E-state index contributed by atoms with van der Waals surface area (Å²) in [5.74, 6) is 1.75. The molecular formula is C9H12BrNO. The first-order valence-electron chi connectivity index (χ1n) is 4.40. The molecular weight excluding hydrogens is 218 g/mol. The normalized spacial score (nSPS) is 18.8. The van der Waals surface area contributed by atoms with E-state index in [1.54, 1.807) is 6.39 Å². The van der Waals surface area contributed by atoms with Crippen molar-refractivity contribution in [1.82, 2.24) is 4.98 Å². The molecule has 0 spiro atoms. The lowest BCUT2D eigenvalue weighted by molar-refractivity contribution is 0.459. The molecule has 0 aromatic carbocycles. The van der Waals surface area contributed by atoms with Gasteiger partial charge >= 0.3 is 0 Å². The number of hydrogen-bond donors (Lipinski definition) is 0. The first kappa shape index (κ1) is 8.30. The Morgan fingerprint density at radius 3 is 2.92 bits per heavy atom. The Bertz CT molecular complexity index is 253. The third kappa shape index (κ3) is 1.42. The number of oxazole rings is 1. The van der Waals surface area contributed by atoms with Crippen molar-refractivity contribution in [2.24, 2.45) is 0 Å². The van der Waals surface area contributed by atoms with E-state index < -0.39 is 0 Å². The molecule has 1 aliphatic rings. The minimum Gasteiger partial charge on any atom is -0.448 e. The van der Waals surface area contributed by atoms with Crippen molar-refractivity contribution < 1.29 is 4.42 Å². The number of rotatable bonds is 2. The number of nitrogens with zero attached hydrogens (tertiary/aromatic N) is 1. The standard InChI is InChI=1S/C9H12BrNO/c10-5-8-9(12-6-11-8)7-3-1-2-4-7/h6-7H,1-5H2. The summed E-state index contributed by atoms with van der Waals surface area (Å²) in [5.41, 5.74) is 1.09. The molecule has 1 aliphatic carbocycles. The van der Waals surface area contributed by atoms with E-state index in [4.69, 9.17) is 4.42 Å². The predicted molar refractivity (Wildman–Crippen MR) is 50.3 cm³/mol. The Balaban J connectivity index is 2.19. The monoisotopic (exact) mass is 229 g/mol. The zero-order chi connectivity index (χ0) is 8.39. The summed E-state index contributed by atoms with van der Waals surface area (Å²) >= 11 is 3.41. The summed E-state index contributed by atoms with van der Waals surface area (Å²) in [5, 5.41) is 0.815. The molecule has 3 heteroatoms. The quantitative estimate of drug-likeness (QED) is 0.729. The van der Waals surface area contributed by atoms with Gasteiger partial charge in [0.15, 0.2) is 6.39 Å². The summed E-state index contributed by atoms with van der Waals surface area (Å²) in [6, 6.07) is 0. The van der Waals surface area contributed by atoms with Crippen LogP contribution in [0.25, 0.3) is 0 Å². The predicted octanol–water partition coefficient (Wildman–Crippen LogP) is 3.23. The summed E-state index contributed by atoms with van der Waals surface area (Å²) in [4.78, 5) is 4.17. The molecule has 1 heterocycles. The van der Waals surface area contributed by atoms with Gasteiger partial charge in [0, 0.05) is 11.2 Å².